The van der Waals surface area contributed by atoms with Crippen LogP contribution in [0.1, 0.15) is 18.7 Å². The molecule has 52 valence electrons. The molecule has 10 heavy (non-hydrogen) atoms. The highest BCUT2D eigenvalue weighted by Crippen LogP contribution is 2.15. The highest BCUT2D eigenvalue weighted by Gasteiger charge is 2.03. The fraction of sp³-hybridized carbons (Fsp3) is 0.333. The predicted molar refractivity (Wildman–Crippen MR) is 36.3 cm³/mol. The van der Waals surface area contributed by atoms with E-state index in [1.807, 2.05) is 0 Å². The summed E-state index contributed by atoms with van der Waals surface area (Å²) in [6.07, 6.45) is 1.55. The average molecular weight is 137 g/mol. The number of hydrogen-bond donors (Lipinski definition) is 0. The van der Waals surface area contributed by atoms with Gasteiger partial charge in [-0.15, -0.1) is 0 Å². The molecule has 0 saturated carbocycles. The molecule has 1 heterocycles. The minimum absolute atomic E-state index is 0.208. The average Bonchev–Trinajstić information content (AvgIpc) is 2.38. The molecule has 1 aromatic heterocycles. The molecular weight excluding hydrogens is 130 g/mol. The third kappa shape index (κ3) is 1.30. The Balaban J connectivity index is 2.76. The van der Waals surface area contributed by atoms with Crippen molar-refractivity contribution in [3.8, 4) is 0 Å². The zero-order valence-corrected chi connectivity index (χ0v) is 5.56. The van der Waals surface area contributed by atoms with E-state index in [0.717, 1.165) is 0 Å². The maximum atomic E-state index is 8.05. The van der Waals surface area contributed by atoms with Crippen molar-refractivity contribution in [1.82, 2.24) is 0 Å². The number of furan rings is 1. The molecule has 4 nitrogen and oxygen atoms in total. The third-order valence-electron chi connectivity index (χ3n) is 1.18. The van der Waals surface area contributed by atoms with Crippen LogP contribution >= 0.6 is 0 Å². The predicted octanol–water partition coefficient (Wildman–Crippen LogP) is 2.65. The lowest BCUT2D eigenvalue weighted by Crippen LogP contribution is -1.81. The molecule has 0 N–H and O–H groups in total. The van der Waals surface area contributed by atoms with Crippen LogP contribution in [0.2, 0.25) is 0 Å². The Hall–Kier alpha value is -1.41. The Morgan fingerprint density at radius 3 is 3.10 bits per heavy atom. The van der Waals surface area contributed by atoms with Crippen LogP contribution in [0.3, 0.4) is 0 Å². The highest BCUT2D eigenvalue weighted by atomic mass is 16.3. The summed E-state index contributed by atoms with van der Waals surface area (Å²) in [6, 6.07) is 3.33. The van der Waals surface area contributed by atoms with Gasteiger partial charge in [-0.05, 0) is 24.6 Å². The van der Waals surface area contributed by atoms with Crippen molar-refractivity contribution in [2.45, 2.75) is 13.0 Å². The first kappa shape index (κ1) is 6.71. The molecule has 0 aromatic carbocycles. The minimum atomic E-state index is -0.208. The Morgan fingerprint density at radius 1 is 1.80 bits per heavy atom. The van der Waals surface area contributed by atoms with Gasteiger partial charge >= 0.3 is 0 Å². The van der Waals surface area contributed by atoms with Crippen molar-refractivity contribution in [1.29, 1.82) is 0 Å². The van der Waals surface area contributed by atoms with E-state index in [0.29, 0.717) is 5.76 Å². The zero-order valence-electron chi connectivity index (χ0n) is 5.56. The Labute approximate surface area is 58.1 Å². The fourth-order valence-corrected chi connectivity index (χ4v) is 0.663. The van der Waals surface area contributed by atoms with E-state index in [1.165, 1.54) is 0 Å². The van der Waals surface area contributed by atoms with Gasteiger partial charge in [0.15, 0.2) is 0 Å². The van der Waals surface area contributed by atoms with Crippen LogP contribution in [-0.2, 0) is 0 Å². The number of azide groups is 1. The van der Waals surface area contributed by atoms with Gasteiger partial charge in [0.2, 0.25) is 0 Å². The van der Waals surface area contributed by atoms with Crippen LogP contribution in [0.5, 0.6) is 0 Å². The summed E-state index contributed by atoms with van der Waals surface area (Å²) < 4.78 is 4.98. The van der Waals surface area contributed by atoms with E-state index in [2.05, 4.69) is 10.0 Å². The Morgan fingerprint density at radius 2 is 2.60 bits per heavy atom. The van der Waals surface area contributed by atoms with Crippen LogP contribution in [0, 0.1) is 0 Å². The summed E-state index contributed by atoms with van der Waals surface area (Å²) >= 11 is 0. The first-order valence-corrected chi connectivity index (χ1v) is 2.92. The molecule has 0 saturated heterocycles. The molecule has 0 aliphatic rings. The van der Waals surface area contributed by atoms with E-state index in [1.54, 1.807) is 25.3 Å². The van der Waals surface area contributed by atoms with E-state index in [9.17, 15) is 0 Å². The molecule has 4 heteroatoms. The lowest BCUT2D eigenvalue weighted by Gasteiger charge is -1.95. The number of nitrogens with zero attached hydrogens (tertiary/aromatic N) is 3. The summed E-state index contributed by atoms with van der Waals surface area (Å²) in [5.74, 6) is 0.692. The summed E-state index contributed by atoms with van der Waals surface area (Å²) in [7, 11) is 0. The Bertz CT molecular complexity index is 236. The topological polar surface area (TPSA) is 61.9 Å². The Kier molecular flexibility index (Phi) is 1.97. The lowest BCUT2D eigenvalue weighted by atomic mass is 10.3. The molecule has 0 spiro atoms. The largest absolute Gasteiger partial charge is 0.469 e. The maximum absolute atomic E-state index is 8.05. The van der Waals surface area contributed by atoms with Crippen LogP contribution < -0.4 is 0 Å². The lowest BCUT2D eigenvalue weighted by molar-refractivity contribution is 0.479. The van der Waals surface area contributed by atoms with Gasteiger partial charge in [0, 0.05) is 4.91 Å². The van der Waals surface area contributed by atoms with Gasteiger partial charge in [-0.3, -0.25) is 0 Å². The van der Waals surface area contributed by atoms with Crippen LogP contribution in [-0.4, -0.2) is 0 Å². The highest BCUT2D eigenvalue weighted by molar-refractivity contribution is 5.02. The minimum Gasteiger partial charge on any atom is -0.469 e. The molecule has 1 atom stereocenters. The maximum Gasteiger partial charge on any atom is 0.112 e. The van der Waals surface area contributed by atoms with E-state index >= 15 is 0 Å². The normalized spacial score (nSPS) is 12.1. The fourth-order valence-electron chi connectivity index (χ4n) is 0.663. The van der Waals surface area contributed by atoms with Gasteiger partial charge < -0.3 is 4.42 Å². The molecule has 0 radical (unpaired) electrons. The number of hydrogen-bond acceptors (Lipinski definition) is 2. The van der Waals surface area contributed by atoms with Crippen LogP contribution in [0.4, 0.5) is 0 Å². The number of rotatable bonds is 2. The van der Waals surface area contributed by atoms with Crippen molar-refractivity contribution in [2.75, 3.05) is 0 Å². The van der Waals surface area contributed by atoms with Gasteiger partial charge in [0.25, 0.3) is 0 Å². The van der Waals surface area contributed by atoms with Crippen molar-refractivity contribution in [3.63, 3.8) is 0 Å². The van der Waals surface area contributed by atoms with E-state index < -0.39 is 0 Å². The van der Waals surface area contributed by atoms with Gasteiger partial charge in [0.05, 0.1) is 12.3 Å². The van der Waals surface area contributed by atoms with Gasteiger partial charge in [-0.25, -0.2) is 0 Å². The molecule has 0 bridgehead atoms. The van der Waals surface area contributed by atoms with Crippen LogP contribution in [0.15, 0.2) is 27.9 Å². The molecule has 0 amide bonds. The monoisotopic (exact) mass is 137 g/mol. The standard InChI is InChI=1S/C6H7N3O/c1-5(8-9-7)6-3-2-4-10-6/h2-5H,1H3/t5-/m0/s1. The van der Waals surface area contributed by atoms with Crippen molar-refractivity contribution >= 4 is 0 Å². The second-order valence-electron chi connectivity index (χ2n) is 1.90. The second kappa shape index (κ2) is 2.94. The summed E-state index contributed by atoms with van der Waals surface area (Å²) in [6.45, 7) is 1.78. The van der Waals surface area contributed by atoms with Crippen molar-refractivity contribution < 1.29 is 4.42 Å². The van der Waals surface area contributed by atoms with E-state index in [4.69, 9.17) is 9.95 Å². The molecule has 1 rings (SSSR count). The summed E-state index contributed by atoms with van der Waals surface area (Å²) in [5.41, 5.74) is 8.05. The summed E-state index contributed by atoms with van der Waals surface area (Å²) in [5, 5.41) is 3.45. The SMILES string of the molecule is C[C@H](N=[N+]=[N-])c1ccco1. The van der Waals surface area contributed by atoms with Gasteiger partial charge in [-0.1, -0.05) is 5.11 Å². The first-order valence-electron chi connectivity index (χ1n) is 2.92. The molecule has 0 fully saturated rings. The van der Waals surface area contributed by atoms with Crippen molar-refractivity contribution in [2.24, 2.45) is 5.11 Å². The first-order chi connectivity index (χ1) is 4.84. The quantitative estimate of drug-likeness (QED) is 0.351. The molecule has 0 aliphatic carbocycles. The van der Waals surface area contributed by atoms with Crippen molar-refractivity contribution in [3.05, 3.63) is 34.6 Å². The zero-order chi connectivity index (χ0) is 7.40. The van der Waals surface area contributed by atoms with E-state index in [-0.39, 0.29) is 6.04 Å². The van der Waals surface area contributed by atoms with Gasteiger partial charge in [0.1, 0.15) is 5.76 Å². The second-order valence-corrected chi connectivity index (χ2v) is 1.90. The molecule has 0 aliphatic heterocycles. The molecule has 1 aromatic rings. The van der Waals surface area contributed by atoms with Crippen LogP contribution in [0.25, 0.3) is 10.4 Å². The smallest absolute Gasteiger partial charge is 0.112 e. The molecule has 0 unspecified atom stereocenters. The summed E-state index contributed by atoms with van der Waals surface area (Å²) in [4.78, 5) is 2.66. The molecular formula is C6H7N3O. The van der Waals surface area contributed by atoms with Gasteiger partial charge in [-0.2, -0.15) is 0 Å². The third-order valence-corrected chi connectivity index (χ3v) is 1.18.